The van der Waals surface area contributed by atoms with Gasteiger partial charge in [-0.3, -0.25) is 9.59 Å². The van der Waals surface area contributed by atoms with Crippen molar-refractivity contribution in [1.29, 1.82) is 0 Å². The SMILES string of the molecule is CCOC(=O)Cc1csc(SCC(=O)N[C@@H]2CCC[C@H](C)[C@H]2C)n1. The van der Waals surface area contributed by atoms with Gasteiger partial charge in [0.1, 0.15) is 0 Å². The van der Waals surface area contributed by atoms with Crippen LogP contribution in [0, 0.1) is 11.8 Å². The first-order valence-corrected chi connectivity index (χ1v) is 10.4. The van der Waals surface area contributed by atoms with Crippen LogP contribution in [0.15, 0.2) is 9.72 Å². The Morgan fingerprint density at radius 3 is 2.96 bits per heavy atom. The molecule has 1 N–H and O–H groups in total. The smallest absolute Gasteiger partial charge is 0.311 e. The van der Waals surface area contributed by atoms with Gasteiger partial charge in [-0.15, -0.1) is 11.3 Å². The molecule has 1 aliphatic carbocycles. The van der Waals surface area contributed by atoms with E-state index < -0.39 is 0 Å². The number of rotatable bonds is 7. The van der Waals surface area contributed by atoms with Crippen LogP contribution < -0.4 is 5.32 Å². The number of hydrogen-bond donors (Lipinski definition) is 1. The molecule has 0 bridgehead atoms. The number of aromatic nitrogens is 1. The molecular weight excluding hydrogens is 344 g/mol. The molecule has 1 saturated carbocycles. The third kappa shape index (κ3) is 5.77. The van der Waals surface area contributed by atoms with Crippen LogP contribution in [0.1, 0.15) is 45.7 Å². The molecule has 1 fully saturated rings. The van der Waals surface area contributed by atoms with E-state index in [1.807, 2.05) is 5.38 Å². The second-order valence-electron chi connectivity index (χ2n) is 6.32. The van der Waals surface area contributed by atoms with E-state index in [2.05, 4.69) is 24.1 Å². The van der Waals surface area contributed by atoms with Gasteiger partial charge in [-0.05, 0) is 25.2 Å². The highest BCUT2D eigenvalue weighted by molar-refractivity contribution is 8.01. The second-order valence-corrected chi connectivity index (χ2v) is 8.40. The number of esters is 1. The summed E-state index contributed by atoms with van der Waals surface area (Å²) in [6.45, 7) is 6.65. The first-order valence-electron chi connectivity index (χ1n) is 8.51. The molecule has 1 amide bonds. The molecule has 0 aromatic carbocycles. The van der Waals surface area contributed by atoms with Crippen molar-refractivity contribution < 1.29 is 14.3 Å². The Bertz CT molecular complexity index is 562. The van der Waals surface area contributed by atoms with E-state index in [0.717, 1.165) is 10.8 Å². The number of amides is 1. The number of nitrogens with one attached hydrogen (secondary N) is 1. The van der Waals surface area contributed by atoms with E-state index in [0.29, 0.717) is 29.9 Å². The highest BCUT2D eigenvalue weighted by Crippen LogP contribution is 2.29. The third-order valence-electron chi connectivity index (χ3n) is 4.54. The number of carbonyl (C=O) groups excluding carboxylic acids is 2. The van der Waals surface area contributed by atoms with Gasteiger partial charge in [0.05, 0.1) is 24.5 Å². The van der Waals surface area contributed by atoms with Crippen LogP contribution in [0.4, 0.5) is 0 Å². The van der Waals surface area contributed by atoms with Gasteiger partial charge in [0.25, 0.3) is 0 Å². The fourth-order valence-corrected chi connectivity index (χ4v) is 4.61. The van der Waals surface area contributed by atoms with E-state index in [4.69, 9.17) is 4.74 Å². The summed E-state index contributed by atoms with van der Waals surface area (Å²) in [4.78, 5) is 28.0. The Morgan fingerprint density at radius 1 is 1.42 bits per heavy atom. The second kappa shape index (κ2) is 9.42. The van der Waals surface area contributed by atoms with Crippen molar-refractivity contribution in [3.63, 3.8) is 0 Å². The summed E-state index contributed by atoms with van der Waals surface area (Å²) in [5, 5.41) is 5.02. The van der Waals surface area contributed by atoms with Gasteiger partial charge in [-0.25, -0.2) is 4.98 Å². The largest absolute Gasteiger partial charge is 0.466 e. The van der Waals surface area contributed by atoms with Crippen molar-refractivity contribution in [3.8, 4) is 0 Å². The zero-order valence-electron chi connectivity index (χ0n) is 14.5. The standard InChI is InChI=1S/C17H26N2O3S2/c1-4-22-16(21)8-13-9-23-17(18-13)24-10-15(20)19-14-7-5-6-11(2)12(14)3/h9,11-12,14H,4-8,10H2,1-3H3,(H,19,20)/t11-,12+,14+/m0/s1. The van der Waals surface area contributed by atoms with E-state index >= 15 is 0 Å². The van der Waals surface area contributed by atoms with Crippen LogP contribution in [0.2, 0.25) is 0 Å². The molecule has 1 aromatic heterocycles. The molecular formula is C17H26N2O3S2. The molecule has 134 valence electrons. The molecule has 0 radical (unpaired) electrons. The molecule has 1 aromatic rings. The van der Waals surface area contributed by atoms with Crippen molar-refractivity contribution in [2.24, 2.45) is 11.8 Å². The maximum Gasteiger partial charge on any atom is 0.311 e. The highest BCUT2D eigenvalue weighted by atomic mass is 32.2. The lowest BCUT2D eigenvalue weighted by Gasteiger charge is -2.34. The normalized spacial score (nSPS) is 23.7. The van der Waals surface area contributed by atoms with E-state index in [-0.39, 0.29) is 24.3 Å². The Kier molecular flexibility index (Phi) is 7.55. The van der Waals surface area contributed by atoms with Gasteiger partial charge >= 0.3 is 5.97 Å². The first-order chi connectivity index (χ1) is 11.5. The number of nitrogens with zero attached hydrogens (tertiary/aromatic N) is 1. The van der Waals surface area contributed by atoms with Crippen LogP contribution in [0.5, 0.6) is 0 Å². The topological polar surface area (TPSA) is 68.3 Å². The lowest BCUT2D eigenvalue weighted by Crippen LogP contribution is -2.44. The van der Waals surface area contributed by atoms with Crippen molar-refractivity contribution in [2.45, 2.75) is 56.8 Å². The zero-order valence-corrected chi connectivity index (χ0v) is 16.2. The molecule has 1 aliphatic rings. The first kappa shape index (κ1) is 19.2. The van der Waals surface area contributed by atoms with Crippen LogP contribution in [-0.4, -0.2) is 35.3 Å². The summed E-state index contributed by atoms with van der Waals surface area (Å²) in [6.07, 6.45) is 3.70. The van der Waals surface area contributed by atoms with E-state index in [1.54, 1.807) is 6.92 Å². The predicted molar refractivity (Wildman–Crippen MR) is 97.3 cm³/mol. The summed E-state index contributed by atoms with van der Waals surface area (Å²) >= 11 is 2.89. The Morgan fingerprint density at radius 2 is 2.21 bits per heavy atom. The molecule has 1 heterocycles. The average molecular weight is 371 g/mol. The predicted octanol–water partition coefficient (Wildman–Crippen LogP) is 3.28. The summed E-state index contributed by atoms with van der Waals surface area (Å²) in [6, 6.07) is 0.289. The Labute approximate surface area is 152 Å². The van der Waals surface area contributed by atoms with Crippen molar-refractivity contribution in [3.05, 3.63) is 11.1 Å². The van der Waals surface area contributed by atoms with Crippen molar-refractivity contribution in [1.82, 2.24) is 10.3 Å². The molecule has 0 spiro atoms. The molecule has 0 unspecified atom stereocenters. The third-order valence-corrected chi connectivity index (χ3v) is 6.61. The van der Waals surface area contributed by atoms with Crippen LogP contribution in [0.25, 0.3) is 0 Å². The van der Waals surface area contributed by atoms with Crippen LogP contribution in [-0.2, 0) is 20.7 Å². The average Bonchev–Trinajstić information content (AvgIpc) is 2.97. The quantitative estimate of drug-likeness (QED) is 0.589. The fraction of sp³-hybridized carbons (Fsp3) is 0.706. The molecule has 0 aliphatic heterocycles. The number of carbonyl (C=O) groups is 2. The molecule has 2 rings (SSSR count). The van der Waals surface area contributed by atoms with Gasteiger partial charge in [0, 0.05) is 11.4 Å². The summed E-state index contributed by atoms with van der Waals surface area (Å²) in [5.74, 6) is 1.36. The Balaban J connectivity index is 1.75. The van der Waals surface area contributed by atoms with Crippen LogP contribution in [0.3, 0.4) is 0 Å². The van der Waals surface area contributed by atoms with Crippen molar-refractivity contribution >= 4 is 35.0 Å². The number of thiazole rings is 1. The summed E-state index contributed by atoms with van der Waals surface area (Å²) < 4.78 is 5.73. The zero-order chi connectivity index (χ0) is 17.5. The lowest BCUT2D eigenvalue weighted by molar-refractivity contribution is -0.142. The van der Waals surface area contributed by atoms with Gasteiger partial charge < -0.3 is 10.1 Å². The Hall–Kier alpha value is -1.08. The van der Waals surface area contributed by atoms with E-state index in [9.17, 15) is 9.59 Å². The summed E-state index contributed by atoms with van der Waals surface area (Å²) in [5.41, 5.74) is 0.705. The van der Waals surface area contributed by atoms with Gasteiger partial charge in [-0.2, -0.15) is 0 Å². The summed E-state index contributed by atoms with van der Waals surface area (Å²) in [7, 11) is 0. The van der Waals surface area contributed by atoms with Crippen LogP contribution >= 0.6 is 23.1 Å². The number of hydrogen-bond acceptors (Lipinski definition) is 6. The minimum Gasteiger partial charge on any atom is -0.466 e. The van der Waals surface area contributed by atoms with Gasteiger partial charge in [0.15, 0.2) is 4.34 Å². The fourth-order valence-electron chi connectivity index (χ4n) is 2.96. The monoisotopic (exact) mass is 370 g/mol. The molecule has 5 nitrogen and oxygen atoms in total. The lowest BCUT2D eigenvalue weighted by atomic mass is 9.78. The minimum absolute atomic E-state index is 0.0630. The van der Waals surface area contributed by atoms with Gasteiger partial charge in [0.2, 0.25) is 5.91 Å². The maximum atomic E-state index is 12.2. The van der Waals surface area contributed by atoms with E-state index in [1.165, 1.54) is 35.9 Å². The maximum absolute atomic E-state index is 12.2. The van der Waals surface area contributed by atoms with Gasteiger partial charge in [-0.1, -0.05) is 38.5 Å². The molecule has 7 heteroatoms. The van der Waals surface area contributed by atoms with Crippen molar-refractivity contribution in [2.75, 3.05) is 12.4 Å². The minimum atomic E-state index is -0.266. The molecule has 3 atom stereocenters. The number of ether oxygens (including phenoxy) is 1. The molecule has 24 heavy (non-hydrogen) atoms. The molecule has 0 saturated heterocycles. The number of thioether (sulfide) groups is 1. The highest BCUT2D eigenvalue weighted by Gasteiger charge is 2.28.